The van der Waals surface area contributed by atoms with Gasteiger partial charge in [0.2, 0.25) is 5.88 Å². The number of aromatic nitrogens is 2. The van der Waals surface area contributed by atoms with Gasteiger partial charge in [0.05, 0.1) is 48.5 Å². The molecule has 0 saturated carbocycles. The molecule has 33 heavy (non-hydrogen) atoms. The molecule has 0 radical (unpaired) electrons. The van der Waals surface area contributed by atoms with Crippen molar-refractivity contribution in [1.29, 1.82) is 0 Å². The van der Waals surface area contributed by atoms with Gasteiger partial charge in [-0.3, -0.25) is 4.98 Å². The van der Waals surface area contributed by atoms with Crippen LogP contribution in [0.15, 0.2) is 59.9 Å². The van der Waals surface area contributed by atoms with Crippen LogP contribution < -0.4 is 14.4 Å². The van der Waals surface area contributed by atoms with E-state index in [-0.39, 0.29) is 0 Å². The second kappa shape index (κ2) is 11.4. The van der Waals surface area contributed by atoms with Crippen LogP contribution in [-0.2, 0) is 11.3 Å². The van der Waals surface area contributed by atoms with Crippen molar-refractivity contribution in [3.63, 3.8) is 0 Å². The minimum absolute atomic E-state index is 0.568. The van der Waals surface area contributed by atoms with E-state index in [2.05, 4.69) is 75.0 Å². The first-order valence-corrected chi connectivity index (χ1v) is 12.0. The molecule has 7 nitrogen and oxygen atoms in total. The lowest BCUT2D eigenvalue weighted by Crippen LogP contribution is -2.36. The molecule has 1 aliphatic heterocycles. The Hall–Kier alpha value is -2.81. The van der Waals surface area contributed by atoms with Gasteiger partial charge in [0.15, 0.2) is 0 Å². The van der Waals surface area contributed by atoms with Crippen LogP contribution in [0.5, 0.6) is 5.88 Å². The van der Waals surface area contributed by atoms with Gasteiger partial charge in [-0.1, -0.05) is 24.3 Å². The minimum Gasteiger partial charge on any atom is -0.477 e. The van der Waals surface area contributed by atoms with Gasteiger partial charge >= 0.3 is 0 Å². The Bertz CT molecular complexity index is 1040. The molecule has 1 aliphatic rings. The number of pyridine rings is 2. The highest BCUT2D eigenvalue weighted by molar-refractivity contribution is 8.00. The Kier molecular flexibility index (Phi) is 8.04. The van der Waals surface area contributed by atoms with Crippen molar-refractivity contribution in [2.45, 2.75) is 18.4 Å². The molecule has 1 N–H and O–H groups in total. The van der Waals surface area contributed by atoms with Gasteiger partial charge in [0.25, 0.3) is 0 Å². The molecule has 4 rings (SSSR count). The Morgan fingerprint density at radius 3 is 2.58 bits per heavy atom. The van der Waals surface area contributed by atoms with Gasteiger partial charge in [-0.25, -0.2) is 4.98 Å². The molecular weight excluding hydrogens is 434 g/mol. The van der Waals surface area contributed by atoms with E-state index in [9.17, 15) is 0 Å². The van der Waals surface area contributed by atoms with Crippen LogP contribution in [0.1, 0.15) is 12.5 Å². The largest absolute Gasteiger partial charge is 0.477 e. The molecule has 1 aromatic carbocycles. The summed E-state index contributed by atoms with van der Waals surface area (Å²) in [6.07, 6.45) is 5.60. The summed E-state index contributed by atoms with van der Waals surface area (Å²) in [6.45, 7) is 6.68. The standard InChI is InChI=1S/C25H31N5O2S/c1-4-32-25-24(14-23(17-27-25)30-9-11-31-12-10-30)33-28-22-13-21(15-26-16-22)20-7-5-19(6-8-20)18-29(2)3/h5-8,13-17,28H,4,9-12,18H2,1-3H3. The second-order valence-electron chi connectivity index (χ2n) is 8.13. The molecule has 0 unspecified atom stereocenters. The maximum Gasteiger partial charge on any atom is 0.229 e. The molecule has 0 amide bonds. The Morgan fingerprint density at radius 2 is 1.85 bits per heavy atom. The van der Waals surface area contributed by atoms with Crippen molar-refractivity contribution in [3.8, 4) is 17.0 Å². The van der Waals surface area contributed by atoms with E-state index >= 15 is 0 Å². The van der Waals surface area contributed by atoms with Gasteiger partial charge in [-0.05, 0) is 56.2 Å². The number of hydrogen-bond acceptors (Lipinski definition) is 8. The third-order valence-electron chi connectivity index (χ3n) is 5.26. The van der Waals surface area contributed by atoms with Crippen LogP contribution >= 0.6 is 11.9 Å². The number of nitrogens with one attached hydrogen (secondary N) is 1. The number of hydrogen-bond donors (Lipinski definition) is 1. The molecule has 174 valence electrons. The smallest absolute Gasteiger partial charge is 0.229 e. The van der Waals surface area contributed by atoms with Crippen LogP contribution in [0.4, 0.5) is 11.4 Å². The summed E-state index contributed by atoms with van der Waals surface area (Å²) in [5.74, 6) is 0.632. The third kappa shape index (κ3) is 6.37. The third-order valence-corrected chi connectivity index (χ3v) is 6.11. The molecule has 0 bridgehead atoms. The van der Waals surface area contributed by atoms with Crippen LogP contribution in [-0.4, -0.2) is 61.9 Å². The molecule has 0 aliphatic carbocycles. The summed E-state index contributed by atoms with van der Waals surface area (Å²) in [5.41, 5.74) is 5.51. The second-order valence-corrected chi connectivity index (χ2v) is 8.98. The number of morpholine rings is 1. The average molecular weight is 466 g/mol. The quantitative estimate of drug-likeness (QED) is 0.462. The highest BCUT2D eigenvalue weighted by Gasteiger charge is 2.15. The van der Waals surface area contributed by atoms with Gasteiger partial charge in [-0.15, -0.1) is 0 Å². The summed E-state index contributed by atoms with van der Waals surface area (Å²) < 4.78 is 14.7. The summed E-state index contributed by atoms with van der Waals surface area (Å²) in [6, 6.07) is 12.9. The van der Waals surface area contributed by atoms with Crippen molar-refractivity contribution < 1.29 is 9.47 Å². The maximum absolute atomic E-state index is 5.77. The van der Waals surface area contributed by atoms with Crippen LogP contribution in [0, 0.1) is 0 Å². The summed E-state index contributed by atoms with van der Waals surface area (Å²) in [5, 5.41) is 0. The Labute approximate surface area is 200 Å². The highest BCUT2D eigenvalue weighted by atomic mass is 32.2. The van der Waals surface area contributed by atoms with E-state index in [1.54, 1.807) is 0 Å². The maximum atomic E-state index is 5.77. The fraction of sp³-hybridized carbons (Fsp3) is 0.360. The zero-order chi connectivity index (χ0) is 23.0. The van der Waals surface area contributed by atoms with Crippen LogP contribution in [0.2, 0.25) is 0 Å². The van der Waals surface area contributed by atoms with E-state index in [1.807, 2.05) is 25.5 Å². The molecule has 1 fully saturated rings. The molecule has 2 aromatic heterocycles. The summed E-state index contributed by atoms with van der Waals surface area (Å²) in [4.78, 5) is 14.4. The lowest BCUT2D eigenvalue weighted by Gasteiger charge is -2.29. The fourth-order valence-electron chi connectivity index (χ4n) is 3.67. The monoisotopic (exact) mass is 465 g/mol. The van der Waals surface area contributed by atoms with Gasteiger partial charge < -0.3 is 24.0 Å². The number of anilines is 2. The molecule has 0 spiro atoms. The SMILES string of the molecule is CCOc1ncc(N2CCOCC2)cc1SNc1cncc(-c2ccc(CN(C)C)cc2)c1. The first-order valence-electron chi connectivity index (χ1n) is 11.2. The number of benzene rings is 1. The number of rotatable bonds is 9. The Morgan fingerprint density at radius 1 is 1.06 bits per heavy atom. The van der Waals surface area contributed by atoms with Crippen LogP contribution in [0.3, 0.4) is 0 Å². The minimum atomic E-state index is 0.568. The first-order chi connectivity index (χ1) is 16.1. The number of nitrogens with zero attached hydrogens (tertiary/aromatic N) is 4. The molecule has 3 heterocycles. The topological polar surface area (TPSA) is 62.8 Å². The van der Waals surface area contributed by atoms with E-state index < -0.39 is 0 Å². The molecule has 3 aromatic rings. The van der Waals surface area contributed by atoms with Gasteiger partial charge in [-0.2, -0.15) is 0 Å². The van der Waals surface area contributed by atoms with Gasteiger partial charge in [0.1, 0.15) is 0 Å². The fourth-order valence-corrected chi connectivity index (χ4v) is 4.39. The molecule has 8 heteroatoms. The van der Waals surface area contributed by atoms with Crippen molar-refractivity contribution in [1.82, 2.24) is 14.9 Å². The summed E-state index contributed by atoms with van der Waals surface area (Å²) in [7, 11) is 4.15. The first kappa shape index (κ1) is 23.4. The zero-order valence-corrected chi connectivity index (χ0v) is 20.3. The van der Waals surface area contributed by atoms with Crippen molar-refractivity contribution >= 4 is 23.3 Å². The van der Waals surface area contributed by atoms with E-state index in [1.165, 1.54) is 17.5 Å². The lowest BCUT2D eigenvalue weighted by molar-refractivity contribution is 0.122. The van der Waals surface area contributed by atoms with E-state index in [0.717, 1.165) is 60.2 Å². The normalized spacial score (nSPS) is 13.9. The molecular formula is C25H31N5O2S. The lowest BCUT2D eigenvalue weighted by atomic mass is 10.1. The van der Waals surface area contributed by atoms with Crippen molar-refractivity contribution in [2.75, 3.05) is 56.6 Å². The molecule has 0 atom stereocenters. The van der Waals surface area contributed by atoms with Crippen molar-refractivity contribution in [3.05, 3.63) is 60.6 Å². The highest BCUT2D eigenvalue weighted by Crippen LogP contribution is 2.33. The average Bonchev–Trinajstić information content (AvgIpc) is 2.84. The number of ether oxygens (including phenoxy) is 2. The van der Waals surface area contributed by atoms with E-state index in [4.69, 9.17) is 9.47 Å². The van der Waals surface area contributed by atoms with E-state index in [0.29, 0.717) is 12.5 Å². The van der Waals surface area contributed by atoms with Gasteiger partial charge in [0, 0.05) is 31.4 Å². The summed E-state index contributed by atoms with van der Waals surface area (Å²) >= 11 is 1.49. The van der Waals surface area contributed by atoms with Crippen LogP contribution in [0.25, 0.3) is 11.1 Å². The van der Waals surface area contributed by atoms with Crippen molar-refractivity contribution in [2.24, 2.45) is 0 Å². The zero-order valence-electron chi connectivity index (χ0n) is 19.5. The predicted octanol–water partition coefficient (Wildman–Crippen LogP) is 4.56. The predicted molar refractivity (Wildman–Crippen MR) is 135 cm³/mol. The molecule has 1 saturated heterocycles. The Balaban J connectivity index is 1.48.